The Hall–Kier alpha value is -2.34. The van der Waals surface area contributed by atoms with E-state index < -0.39 is 7.82 Å². The van der Waals surface area contributed by atoms with Gasteiger partial charge in [-0.25, -0.2) is 4.57 Å². The van der Waals surface area contributed by atoms with E-state index in [4.69, 9.17) is 13.8 Å². The molecule has 1 unspecified atom stereocenters. The Kier molecular flexibility index (Phi) is 14.0. The number of aromatic nitrogens is 1. The monoisotopic (exact) mass is 658 g/mol. The van der Waals surface area contributed by atoms with Crippen LogP contribution in [0.25, 0.3) is 0 Å². The molecule has 3 aromatic rings. The second-order valence-electron chi connectivity index (χ2n) is 14.3. The summed E-state index contributed by atoms with van der Waals surface area (Å²) in [7, 11) is -4.51. The zero-order chi connectivity index (χ0) is 33.1. The van der Waals surface area contributed by atoms with E-state index in [2.05, 4.69) is 71.7 Å². The van der Waals surface area contributed by atoms with Crippen molar-refractivity contribution in [3.05, 3.63) is 69.7 Å². The van der Waals surface area contributed by atoms with E-state index in [1.807, 2.05) is 24.3 Å². The number of rotatable bonds is 18. The van der Waals surface area contributed by atoms with Crippen LogP contribution in [0.5, 0.6) is 17.2 Å². The highest BCUT2D eigenvalue weighted by molar-refractivity contribution is 7.48. The molecule has 45 heavy (non-hydrogen) atoms. The van der Waals surface area contributed by atoms with Crippen molar-refractivity contribution in [2.24, 2.45) is 0 Å². The van der Waals surface area contributed by atoms with Gasteiger partial charge in [-0.15, -0.1) is 0 Å². The van der Waals surface area contributed by atoms with E-state index in [1.165, 1.54) is 56.2 Å². The van der Waals surface area contributed by atoms with E-state index in [0.29, 0.717) is 18.9 Å². The molecular formula is C37H57NO5PS+. The van der Waals surface area contributed by atoms with Gasteiger partial charge in [-0.2, -0.15) is 4.57 Å². The van der Waals surface area contributed by atoms with Crippen LogP contribution in [0.1, 0.15) is 134 Å². The average molecular weight is 659 g/mol. The molecule has 0 saturated heterocycles. The third-order valence-corrected chi connectivity index (χ3v) is 9.60. The van der Waals surface area contributed by atoms with Crippen LogP contribution in [0.15, 0.2) is 48.1 Å². The summed E-state index contributed by atoms with van der Waals surface area (Å²) < 4.78 is 33.4. The summed E-state index contributed by atoms with van der Waals surface area (Å²) in [6.07, 6.45) is 14.8. The molecule has 250 valence electrons. The molecule has 8 heteroatoms. The maximum absolute atomic E-state index is 13.4. The van der Waals surface area contributed by atoms with Crippen LogP contribution >= 0.6 is 19.2 Å². The second kappa shape index (κ2) is 17.0. The molecule has 2 aromatic carbocycles. The van der Waals surface area contributed by atoms with Gasteiger partial charge in [-0.05, 0) is 48.4 Å². The normalized spacial score (nSPS) is 13.4. The standard InChI is InChI=1S/C37H56NO5PS/c1-9-10-11-12-13-14-15-16-17-18-22-41-34-24-33(37(6,7)8)35(25-32(34)36(3,4)5)43-44(39,40)42-31-21-19-20-30(23-31)27-38-26-29(2)45-28-38/h19-21,23-26,28H,9-18,22,27H2,1-8H3/p+1. The van der Waals surface area contributed by atoms with Crippen LogP contribution in [-0.2, 0) is 21.9 Å². The lowest BCUT2D eigenvalue weighted by Gasteiger charge is -2.29. The molecule has 0 aliphatic heterocycles. The number of hydrogen-bond donors (Lipinski definition) is 1. The molecule has 0 saturated carbocycles. The largest absolute Gasteiger partial charge is 0.584 e. The molecule has 1 heterocycles. The number of aryl methyl sites for hydroxylation is 1. The first-order valence-corrected chi connectivity index (χ1v) is 19.1. The highest BCUT2D eigenvalue weighted by atomic mass is 32.1. The van der Waals surface area contributed by atoms with Crippen LogP contribution in [0.4, 0.5) is 0 Å². The summed E-state index contributed by atoms with van der Waals surface area (Å²) in [6, 6.07) is 11.1. The average Bonchev–Trinajstić information content (AvgIpc) is 3.34. The fourth-order valence-electron chi connectivity index (χ4n) is 5.41. The van der Waals surface area contributed by atoms with Crippen molar-refractivity contribution in [3.63, 3.8) is 0 Å². The Balaban J connectivity index is 1.69. The Bertz CT molecular complexity index is 1390. The first-order chi connectivity index (χ1) is 21.2. The maximum Gasteiger partial charge on any atom is 0.584 e. The Labute approximate surface area is 276 Å². The molecule has 0 aliphatic carbocycles. The molecule has 1 N–H and O–H groups in total. The van der Waals surface area contributed by atoms with Crippen molar-refractivity contribution in [1.29, 1.82) is 0 Å². The van der Waals surface area contributed by atoms with Gasteiger partial charge >= 0.3 is 7.82 Å². The molecule has 0 radical (unpaired) electrons. The minimum absolute atomic E-state index is 0.270. The molecule has 1 atom stereocenters. The van der Waals surface area contributed by atoms with E-state index in [-0.39, 0.29) is 16.6 Å². The van der Waals surface area contributed by atoms with Crippen molar-refractivity contribution >= 4 is 19.2 Å². The summed E-state index contributed by atoms with van der Waals surface area (Å²) in [5.74, 6) is 1.43. The summed E-state index contributed by atoms with van der Waals surface area (Å²) in [6.45, 7) is 18.1. The van der Waals surface area contributed by atoms with Gasteiger partial charge in [0.1, 0.15) is 17.2 Å². The zero-order valence-corrected chi connectivity index (χ0v) is 30.7. The Morgan fingerprint density at radius 1 is 0.800 bits per heavy atom. The zero-order valence-electron chi connectivity index (χ0n) is 29.0. The predicted octanol–water partition coefficient (Wildman–Crippen LogP) is 10.8. The third-order valence-electron chi connectivity index (χ3n) is 7.87. The molecule has 0 fully saturated rings. The first-order valence-electron chi connectivity index (χ1n) is 16.7. The number of thiazole rings is 1. The quantitative estimate of drug-likeness (QED) is 0.0837. The lowest BCUT2D eigenvalue weighted by Crippen LogP contribution is -2.30. The SMILES string of the molecule is CCCCCCCCCCCCOc1cc(C(C)(C)C)c(OP(=O)(O)Oc2cccc(C[n+]3csc(C)c3)c2)cc1C(C)(C)C. The minimum Gasteiger partial charge on any atom is -0.493 e. The van der Waals surface area contributed by atoms with E-state index in [1.54, 1.807) is 23.5 Å². The van der Waals surface area contributed by atoms with Gasteiger partial charge < -0.3 is 13.8 Å². The Morgan fingerprint density at radius 3 is 1.96 bits per heavy atom. The number of phosphoric ester groups is 1. The number of ether oxygens (including phenoxy) is 1. The summed E-state index contributed by atoms with van der Waals surface area (Å²) in [4.78, 5) is 12.2. The van der Waals surface area contributed by atoms with Crippen molar-refractivity contribution in [2.45, 2.75) is 137 Å². The molecule has 0 bridgehead atoms. The van der Waals surface area contributed by atoms with Crippen LogP contribution in [0.3, 0.4) is 0 Å². The van der Waals surface area contributed by atoms with Crippen LogP contribution < -0.4 is 18.4 Å². The van der Waals surface area contributed by atoms with Gasteiger partial charge in [0.15, 0.2) is 12.7 Å². The molecule has 0 amide bonds. The highest BCUT2D eigenvalue weighted by Gasteiger charge is 2.32. The summed E-state index contributed by atoms with van der Waals surface area (Å²) >= 11 is 1.68. The molecule has 0 aliphatic rings. The number of unbranched alkanes of at least 4 members (excludes halogenated alkanes) is 9. The Morgan fingerprint density at radius 2 is 1.38 bits per heavy atom. The topological polar surface area (TPSA) is 68.9 Å². The van der Waals surface area contributed by atoms with E-state index >= 15 is 0 Å². The van der Waals surface area contributed by atoms with Crippen LogP contribution in [0, 0.1) is 6.92 Å². The molecule has 1 aromatic heterocycles. The van der Waals surface area contributed by atoms with Gasteiger partial charge in [0.25, 0.3) is 0 Å². The fourth-order valence-corrected chi connectivity index (χ4v) is 6.86. The van der Waals surface area contributed by atoms with Crippen molar-refractivity contribution < 1.29 is 27.8 Å². The van der Waals surface area contributed by atoms with Crippen molar-refractivity contribution in [3.8, 4) is 17.2 Å². The number of nitrogens with zero attached hydrogens (tertiary/aromatic N) is 1. The lowest BCUT2D eigenvalue weighted by atomic mass is 9.81. The smallest absolute Gasteiger partial charge is 0.493 e. The summed E-state index contributed by atoms with van der Waals surface area (Å²) in [5, 5.41) is 0. The number of benzene rings is 2. The van der Waals surface area contributed by atoms with E-state index in [0.717, 1.165) is 35.3 Å². The van der Waals surface area contributed by atoms with Crippen LogP contribution in [0.2, 0.25) is 0 Å². The summed E-state index contributed by atoms with van der Waals surface area (Å²) in [5.41, 5.74) is 4.11. The molecule has 6 nitrogen and oxygen atoms in total. The number of phosphoric acid groups is 1. The van der Waals surface area contributed by atoms with Gasteiger partial charge in [-0.3, -0.25) is 4.89 Å². The molecule has 3 rings (SSSR count). The minimum atomic E-state index is -4.51. The highest BCUT2D eigenvalue weighted by Crippen LogP contribution is 2.49. The van der Waals surface area contributed by atoms with Gasteiger partial charge in [-0.1, -0.05) is 130 Å². The molecule has 0 spiro atoms. The lowest BCUT2D eigenvalue weighted by molar-refractivity contribution is -0.683. The predicted molar refractivity (Wildman–Crippen MR) is 187 cm³/mol. The maximum atomic E-state index is 13.4. The van der Waals surface area contributed by atoms with Gasteiger partial charge in [0, 0.05) is 16.7 Å². The van der Waals surface area contributed by atoms with Gasteiger partial charge in [0.2, 0.25) is 5.51 Å². The van der Waals surface area contributed by atoms with Gasteiger partial charge in [0.05, 0.1) is 11.5 Å². The molecular weight excluding hydrogens is 601 g/mol. The van der Waals surface area contributed by atoms with Crippen molar-refractivity contribution in [2.75, 3.05) is 6.61 Å². The number of hydrogen-bond acceptors (Lipinski definition) is 5. The fraction of sp³-hybridized carbons (Fsp3) is 0.595. The second-order valence-corrected chi connectivity index (χ2v) is 16.7. The third kappa shape index (κ3) is 12.8. The van der Waals surface area contributed by atoms with Crippen LogP contribution in [-0.4, -0.2) is 11.5 Å². The van der Waals surface area contributed by atoms with E-state index in [9.17, 15) is 9.46 Å². The van der Waals surface area contributed by atoms with Crippen molar-refractivity contribution in [1.82, 2.24) is 0 Å². The first kappa shape index (κ1) is 37.1.